The van der Waals surface area contributed by atoms with E-state index in [4.69, 9.17) is 5.21 Å². The quantitative estimate of drug-likeness (QED) is 0.460. The second-order valence-corrected chi connectivity index (χ2v) is 2.60. The highest BCUT2D eigenvalue weighted by molar-refractivity contribution is 8.00. The summed E-state index contributed by atoms with van der Waals surface area (Å²) in [5.41, 5.74) is 2.03. The minimum absolute atomic E-state index is 0.696. The molecule has 0 bridgehead atoms. The van der Waals surface area contributed by atoms with Crippen LogP contribution in [0.15, 0.2) is 4.99 Å². The minimum atomic E-state index is 0.696. The van der Waals surface area contributed by atoms with E-state index in [1.165, 1.54) is 0 Å². The Labute approximate surface area is 52.1 Å². The molecule has 0 radical (unpaired) electrons. The van der Waals surface area contributed by atoms with Crippen molar-refractivity contribution in [3.05, 3.63) is 0 Å². The van der Waals surface area contributed by atoms with Crippen LogP contribution in [0.25, 0.3) is 0 Å². The molecule has 3 nitrogen and oxygen atoms in total. The van der Waals surface area contributed by atoms with Gasteiger partial charge < -0.3 is 0 Å². The minimum Gasteiger partial charge on any atom is -0.290 e. The first-order valence-electron chi connectivity index (χ1n) is 2.44. The molecular weight excluding hydrogens is 124 g/mol. The van der Waals surface area contributed by atoms with Crippen LogP contribution < -0.4 is 5.48 Å². The Hall–Kier alpha value is -0.220. The number of thioether (sulfide) groups is 1. The molecule has 0 fully saturated rings. The van der Waals surface area contributed by atoms with Gasteiger partial charge in [0.2, 0.25) is 0 Å². The molecule has 0 aliphatic carbocycles. The van der Waals surface area contributed by atoms with E-state index in [1.807, 2.05) is 5.48 Å². The topological polar surface area (TPSA) is 44.6 Å². The van der Waals surface area contributed by atoms with Gasteiger partial charge in [-0.15, -0.1) is 0 Å². The summed E-state index contributed by atoms with van der Waals surface area (Å²) in [5, 5.41) is 8.30. The van der Waals surface area contributed by atoms with Gasteiger partial charge in [-0.3, -0.25) is 15.7 Å². The molecule has 1 heterocycles. The van der Waals surface area contributed by atoms with E-state index in [0.717, 1.165) is 18.1 Å². The Bertz CT molecular complexity index is 104. The average Bonchev–Trinajstić information content (AvgIpc) is 1.90. The lowest BCUT2D eigenvalue weighted by atomic mass is 10.6. The van der Waals surface area contributed by atoms with Crippen LogP contribution in [0.5, 0.6) is 0 Å². The first-order valence-corrected chi connectivity index (χ1v) is 3.60. The molecule has 0 amide bonds. The molecule has 0 aromatic heterocycles. The van der Waals surface area contributed by atoms with Crippen LogP contribution in [0.4, 0.5) is 0 Å². The van der Waals surface area contributed by atoms with Crippen LogP contribution in [-0.2, 0) is 0 Å². The molecule has 0 atom stereocenters. The van der Waals surface area contributed by atoms with Gasteiger partial charge in [-0.1, -0.05) is 0 Å². The van der Waals surface area contributed by atoms with Crippen LogP contribution in [0.3, 0.4) is 0 Å². The molecule has 46 valence electrons. The smallest absolute Gasteiger partial charge is 0.130 e. The summed E-state index contributed by atoms with van der Waals surface area (Å²) < 4.78 is 0. The Kier molecular flexibility index (Phi) is 2.17. The molecule has 1 aliphatic heterocycles. The maximum absolute atomic E-state index is 8.30. The van der Waals surface area contributed by atoms with E-state index in [9.17, 15) is 0 Å². The molecule has 0 saturated heterocycles. The summed E-state index contributed by atoms with van der Waals surface area (Å²) in [7, 11) is 0. The number of hydrogen-bond acceptors (Lipinski definition) is 4. The van der Waals surface area contributed by atoms with Crippen LogP contribution in [0.1, 0.15) is 0 Å². The normalized spacial score (nSPS) is 19.9. The molecule has 0 saturated carbocycles. The summed E-state index contributed by atoms with van der Waals surface area (Å²) in [6.45, 7) is 0.827. The molecule has 0 spiro atoms. The molecular formula is C4H8N2OS. The van der Waals surface area contributed by atoms with Crippen LogP contribution in [0.2, 0.25) is 0 Å². The van der Waals surface area contributed by atoms with Crippen molar-refractivity contribution in [3.63, 3.8) is 0 Å². The van der Waals surface area contributed by atoms with E-state index >= 15 is 0 Å². The number of nitrogens with one attached hydrogen (secondary N) is 1. The predicted molar refractivity (Wildman–Crippen MR) is 34.5 cm³/mol. The highest BCUT2D eigenvalue weighted by atomic mass is 32.2. The van der Waals surface area contributed by atoms with Crippen molar-refractivity contribution in [2.45, 2.75) is 0 Å². The van der Waals surface area contributed by atoms with E-state index in [-0.39, 0.29) is 0 Å². The van der Waals surface area contributed by atoms with E-state index < -0.39 is 0 Å². The fourth-order valence-corrected chi connectivity index (χ4v) is 1.24. The largest absolute Gasteiger partial charge is 0.290 e. The van der Waals surface area contributed by atoms with Gasteiger partial charge in [0.25, 0.3) is 0 Å². The maximum atomic E-state index is 8.30. The van der Waals surface area contributed by atoms with Crippen LogP contribution in [-0.4, -0.2) is 29.1 Å². The Morgan fingerprint density at radius 2 is 2.62 bits per heavy atom. The third-order valence-electron chi connectivity index (χ3n) is 0.906. The lowest BCUT2D eigenvalue weighted by Gasteiger charge is -2.08. The summed E-state index contributed by atoms with van der Waals surface area (Å²) in [5.74, 6) is 2.59. The zero-order valence-electron chi connectivity index (χ0n) is 4.42. The highest BCUT2D eigenvalue weighted by Gasteiger charge is 2.01. The van der Waals surface area contributed by atoms with Gasteiger partial charge in [0.05, 0.1) is 12.3 Å². The van der Waals surface area contributed by atoms with E-state index in [2.05, 4.69) is 4.99 Å². The van der Waals surface area contributed by atoms with Crippen molar-refractivity contribution in [2.24, 2.45) is 4.99 Å². The molecule has 0 aromatic carbocycles. The fourth-order valence-electron chi connectivity index (χ4n) is 0.527. The van der Waals surface area contributed by atoms with Crippen molar-refractivity contribution >= 4 is 17.6 Å². The van der Waals surface area contributed by atoms with Crippen LogP contribution >= 0.6 is 11.8 Å². The second-order valence-electron chi connectivity index (χ2n) is 1.49. The van der Waals surface area contributed by atoms with E-state index in [1.54, 1.807) is 11.8 Å². The molecule has 1 rings (SSSR count). The first kappa shape index (κ1) is 5.91. The van der Waals surface area contributed by atoms with Gasteiger partial charge in [-0.25, -0.2) is 0 Å². The third-order valence-corrected chi connectivity index (χ3v) is 1.85. The summed E-state index contributed by atoms with van der Waals surface area (Å²) in [4.78, 5) is 3.98. The Morgan fingerprint density at radius 3 is 3.00 bits per heavy atom. The number of rotatable bonds is 0. The lowest BCUT2D eigenvalue weighted by Crippen LogP contribution is -2.24. The Balaban J connectivity index is 2.37. The van der Waals surface area contributed by atoms with Gasteiger partial charge in [-0.05, 0) is 0 Å². The monoisotopic (exact) mass is 132 g/mol. The SMILES string of the molecule is ONC1=NCCSC1. The Morgan fingerprint density at radius 1 is 1.75 bits per heavy atom. The number of aliphatic imine (C=N–C) groups is 1. The van der Waals surface area contributed by atoms with Crippen molar-refractivity contribution < 1.29 is 5.21 Å². The summed E-state index contributed by atoms with van der Waals surface area (Å²) >= 11 is 1.77. The zero-order chi connectivity index (χ0) is 5.82. The second kappa shape index (κ2) is 2.94. The van der Waals surface area contributed by atoms with Gasteiger partial charge in [0.1, 0.15) is 5.84 Å². The van der Waals surface area contributed by atoms with Gasteiger partial charge in [0.15, 0.2) is 0 Å². The number of amidine groups is 1. The third kappa shape index (κ3) is 1.38. The number of hydrogen-bond donors (Lipinski definition) is 2. The molecule has 0 unspecified atom stereocenters. The summed E-state index contributed by atoms with van der Waals surface area (Å²) in [6.07, 6.45) is 0. The standard InChI is InChI=1S/C4H8N2OS/c7-6-4-3-8-2-1-5-4/h7H,1-3H2,(H,5,6). The lowest BCUT2D eigenvalue weighted by molar-refractivity contribution is 0.233. The van der Waals surface area contributed by atoms with Crippen molar-refractivity contribution in [2.75, 3.05) is 18.1 Å². The zero-order valence-corrected chi connectivity index (χ0v) is 5.24. The molecule has 0 aromatic rings. The maximum Gasteiger partial charge on any atom is 0.130 e. The van der Waals surface area contributed by atoms with Crippen LogP contribution in [0, 0.1) is 0 Å². The molecule has 2 N–H and O–H groups in total. The predicted octanol–water partition coefficient (Wildman–Crippen LogP) is 0.110. The van der Waals surface area contributed by atoms with Crippen molar-refractivity contribution in [1.29, 1.82) is 0 Å². The molecule has 8 heavy (non-hydrogen) atoms. The van der Waals surface area contributed by atoms with Crippen molar-refractivity contribution in [3.8, 4) is 0 Å². The van der Waals surface area contributed by atoms with E-state index in [0.29, 0.717) is 5.84 Å². The van der Waals surface area contributed by atoms with Gasteiger partial charge in [0, 0.05) is 5.75 Å². The number of nitrogens with zero attached hydrogens (tertiary/aromatic N) is 1. The van der Waals surface area contributed by atoms with Gasteiger partial charge >= 0.3 is 0 Å². The first-order chi connectivity index (χ1) is 3.93. The summed E-state index contributed by atoms with van der Waals surface area (Å²) in [6, 6.07) is 0. The van der Waals surface area contributed by atoms with Gasteiger partial charge in [-0.2, -0.15) is 11.8 Å². The average molecular weight is 132 g/mol. The van der Waals surface area contributed by atoms with Crippen molar-refractivity contribution in [1.82, 2.24) is 5.48 Å². The fraction of sp³-hybridized carbons (Fsp3) is 0.750. The number of hydroxylamine groups is 1. The highest BCUT2D eigenvalue weighted by Crippen LogP contribution is 2.04. The molecule has 4 heteroatoms. The molecule has 1 aliphatic rings.